The molecule has 2 fully saturated rings. The Hall–Kier alpha value is -3.19. The number of esters is 2. The van der Waals surface area contributed by atoms with Crippen LogP contribution in [0.15, 0.2) is 54.6 Å². The van der Waals surface area contributed by atoms with E-state index in [9.17, 15) is 14.4 Å². The Morgan fingerprint density at radius 1 is 0.824 bits per heavy atom. The number of anilines is 1. The number of carbonyl (C=O) groups is 3. The van der Waals surface area contributed by atoms with Crippen molar-refractivity contribution in [3.05, 3.63) is 54.6 Å². The van der Waals surface area contributed by atoms with Crippen LogP contribution in [-0.4, -0.2) is 48.7 Å². The van der Waals surface area contributed by atoms with Crippen molar-refractivity contribution in [3.8, 4) is 11.1 Å². The number of rotatable bonds is 5. The van der Waals surface area contributed by atoms with Crippen LogP contribution in [0, 0.1) is 5.92 Å². The van der Waals surface area contributed by atoms with Gasteiger partial charge in [-0.3, -0.25) is 5.32 Å². The van der Waals surface area contributed by atoms with Gasteiger partial charge in [0.05, 0.1) is 5.69 Å². The second-order valence-corrected chi connectivity index (χ2v) is 9.12. The number of amides is 1. The lowest BCUT2D eigenvalue weighted by atomic mass is 9.88. The molecular formula is C27H32N2O5. The summed E-state index contributed by atoms with van der Waals surface area (Å²) in [5, 5.41) is 2.55. The Morgan fingerprint density at radius 2 is 1.50 bits per heavy atom. The van der Waals surface area contributed by atoms with Gasteiger partial charge in [-0.2, -0.15) is 0 Å². The second kappa shape index (κ2) is 11.8. The Bertz CT molecular complexity index is 980. The minimum Gasteiger partial charge on any atom is -0.454 e. The molecule has 0 unspecified atom stereocenters. The maximum Gasteiger partial charge on any atom is 0.426 e. The van der Waals surface area contributed by atoms with Crippen LogP contribution >= 0.6 is 0 Å². The van der Waals surface area contributed by atoms with Crippen molar-refractivity contribution in [2.75, 3.05) is 25.0 Å². The zero-order valence-electron chi connectivity index (χ0n) is 19.4. The molecule has 1 aliphatic heterocycles. The summed E-state index contributed by atoms with van der Waals surface area (Å²) in [7, 11) is 0. The number of para-hydroxylation sites is 1. The molecule has 1 N–H and O–H groups in total. The lowest BCUT2D eigenvalue weighted by Gasteiger charge is -2.34. The number of benzene rings is 2. The van der Waals surface area contributed by atoms with Crippen LogP contribution < -0.4 is 5.32 Å². The molecule has 1 saturated carbocycles. The molecule has 7 nitrogen and oxygen atoms in total. The number of ether oxygens (including phenoxy) is 2. The molecule has 34 heavy (non-hydrogen) atoms. The maximum atomic E-state index is 12.3. The molecule has 0 bridgehead atoms. The molecule has 1 saturated heterocycles. The van der Waals surface area contributed by atoms with Crippen LogP contribution in [0.4, 0.5) is 10.5 Å². The van der Waals surface area contributed by atoms with Crippen molar-refractivity contribution in [2.24, 2.45) is 5.92 Å². The molecule has 0 atom stereocenters. The summed E-state index contributed by atoms with van der Waals surface area (Å²) in [6.45, 7) is 2.80. The van der Waals surface area contributed by atoms with E-state index in [0.29, 0.717) is 18.5 Å². The van der Waals surface area contributed by atoms with Crippen molar-refractivity contribution < 1.29 is 23.9 Å². The van der Waals surface area contributed by atoms with Gasteiger partial charge in [0, 0.05) is 25.2 Å². The summed E-state index contributed by atoms with van der Waals surface area (Å²) < 4.78 is 10.0. The topological polar surface area (TPSA) is 84.9 Å². The van der Waals surface area contributed by atoms with E-state index < -0.39 is 18.0 Å². The van der Waals surface area contributed by atoms with E-state index in [1.165, 1.54) is 32.1 Å². The van der Waals surface area contributed by atoms with Crippen molar-refractivity contribution in [2.45, 2.75) is 51.0 Å². The Balaban J connectivity index is 1.22. The average Bonchev–Trinajstić information content (AvgIpc) is 2.86. The summed E-state index contributed by atoms with van der Waals surface area (Å²) in [6, 6.07) is 16.7. The first-order chi connectivity index (χ1) is 16.6. The highest BCUT2D eigenvalue weighted by molar-refractivity contribution is 6.31. The number of nitrogens with one attached hydrogen (secondary N) is 1. The number of nitrogens with zero attached hydrogens (tertiary/aromatic N) is 1. The quantitative estimate of drug-likeness (QED) is 0.380. The number of carbonyl (C=O) groups excluding carboxylic acids is 3. The number of piperidine rings is 1. The summed E-state index contributed by atoms with van der Waals surface area (Å²) in [5.41, 5.74) is 2.15. The summed E-state index contributed by atoms with van der Waals surface area (Å²) in [4.78, 5) is 39.0. The zero-order valence-corrected chi connectivity index (χ0v) is 19.4. The Kier molecular flexibility index (Phi) is 8.31. The molecule has 4 rings (SSSR count). The molecule has 0 radical (unpaired) electrons. The van der Waals surface area contributed by atoms with Crippen LogP contribution in [0.25, 0.3) is 11.1 Å². The lowest BCUT2D eigenvalue weighted by Crippen LogP contribution is -2.41. The van der Waals surface area contributed by atoms with Crippen molar-refractivity contribution in [3.63, 3.8) is 0 Å². The summed E-state index contributed by atoms with van der Waals surface area (Å²) >= 11 is 0. The highest BCUT2D eigenvalue weighted by atomic mass is 16.6. The fourth-order valence-electron chi connectivity index (χ4n) is 4.87. The number of hydrogen-bond acceptors (Lipinski definition) is 6. The van der Waals surface area contributed by atoms with Gasteiger partial charge < -0.3 is 14.4 Å². The third kappa shape index (κ3) is 6.67. The third-order valence-corrected chi connectivity index (χ3v) is 6.65. The van der Waals surface area contributed by atoms with Gasteiger partial charge in [0.2, 0.25) is 0 Å². The molecule has 1 amide bonds. The summed E-state index contributed by atoms with van der Waals surface area (Å²) in [6.07, 6.45) is 6.63. The Morgan fingerprint density at radius 3 is 2.24 bits per heavy atom. The van der Waals surface area contributed by atoms with Gasteiger partial charge in [-0.05, 0) is 43.2 Å². The highest BCUT2D eigenvalue weighted by Gasteiger charge is 2.29. The molecule has 1 aliphatic carbocycles. The van der Waals surface area contributed by atoms with Crippen LogP contribution in [0.2, 0.25) is 0 Å². The first-order valence-electron chi connectivity index (χ1n) is 12.2. The van der Waals surface area contributed by atoms with Crippen LogP contribution in [0.3, 0.4) is 0 Å². The second-order valence-electron chi connectivity index (χ2n) is 9.12. The third-order valence-electron chi connectivity index (χ3n) is 6.65. The Labute approximate surface area is 200 Å². The van der Waals surface area contributed by atoms with Gasteiger partial charge in [0.25, 0.3) is 0 Å². The van der Waals surface area contributed by atoms with E-state index in [2.05, 4.69) is 10.2 Å². The molecule has 2 aromatic carbocycles. The van der Waals surface area contributed by atoms with Gasteiger partial charge in [0.15, 0.2) is 0 Å². The van der Waals surface area contributed by atoms with E-state index in [0.717, 1.165) is 36.7 Å². The zero-order chi connectivity index (χ0) is 23.8. The predicted molar refractivity (Wildman–Crippen MR) is 129 cm³/mol. The van der Waals surface area contributed by atoms with Gasteiger partial charge in [0.1, 0.15) is 6.10 Å². The van der Waals surface area contributed by atoms with Crippen molar-refractivity contribution in [1.82, 2.24) is 4.90 Å². The average molecular weight is 465 g/mol. The van der Waals surface area contributed by atoms with E-state index in [-0.39, 0.29) is 6.10 Å². The molecule has 7 heteroatoms. The smallest absolute Gasteiger partial charge is 0.426 e. The molecule has 2 aromatic rings. The molecule has 0 aromatic heterocycles. The predicted octanol–water partition coefficient (Wildman–Crippen LogP) is 5.02. The lowest BCUT2D eigenvalue weighted by molar-refractivity contribution is -0.168. The van der Waals surface area contributed by atoms with E-state index in [1.54, 1.807) is 12.1 Å². The standard InChI is InChI=1S/C27H32N2O5/c30-25(33-22-15-17-29(18-16-22)19-20-9-3-1-4-10-20)26(31)34-27(32)28-24-14-8-7-13-23(24)21-11-5-2-6-12-21/h2,5-8,11-14,20,22H,1,3-4,9-10,15-19H2,(H,28,32). The fraction of sp³-hybridized carbons (Fsp3) is 0.444. The van der Waals surface area contributed by atoms with E-state index in [4.69, 9.17) is 9.47 Å². The molecule has 2 aliphatic rings. The fourth-order valence-corrected chi connectivity index (χ4v) is 4.87. The highest BCUT2D eigenvalue weighted by Crippen LogP contribution is 2.28. The van der Waals surface area contributed by atoms with Gasteiger partial charge in [-0.1, -0.05) is 67.8 Å². The molecular weight excluding hydrogens is 432 g/mol. The van der Waals surface area contributed by atoms with Crippen LogP contribution in [-0.2, 0) is 19.1 Å². The first-order valence-corrected chi connectivity index (χ1v) is 12.2. The minimum absolute atomic E-state index is 0.329. The van der Waals surface area contributed by atoms with Crippen LogP contribution in [0.5, 0.6) is 0 Å². The maximum absolute atomic E-state index is 12.3. The largest absolute Gasteiger partial charge is 0.454 e. The molecule has 1 heterocycles. The van der Waals surface area contributed by atoms with Gasteiger partial charge >= 0.3 is 18.0 Å². The van der Waals surface area contributed by atoms with E-state index in [1.807, 2.05) is 42.5 Å². The minimum atomic E-state index is -1.31. The van der Waals surface area contributed by atoms with Gasteiger partial charge in [-0.25, -0.2) is 14.4 Å². The first kappa shape index (κ1) is 24.0. The molecule has 180 valence electrons. The normalized spacial score (nSPS) is 17.6. The summed E-state index contributed by atoms with van der Waals surface area (Å²) in [5.74, 6) is -1.66. The van der Waals surface area contributed by atoms with Gasteiger partial charge in [-0.15, -0.1) is 0 Å². The number of likely N-dealkylation sites (tertiary alicyclic amines) is 1. The monoisotopic (exact) mass is 464 g/mol. The van der Waals surface area contributed by atoms with E-state index >= 15 is 0 Å². The van der Waals surface area contributed by atoms with Crippen molar-refractivity contribution >= 4 is 23.7 Å². The van der Waals surface area contributed by atoms with Crippen LogP contribution in [0.1, 0.15) is 44.9 Å². The molecule has 0 spiro atoms. The number of hydrogen-bond donors (Lipinski definition) is 1. The van der Waals surface area contributed by atoms with Crippen molar-refractivity contribution in [1.29, 1.82) is 0 Å². The SMILES string of the molecule is O=C(Nc1ccccc1-c1ccccc1)OC(=O)C(=O)OC1CCN(CC2CCCCC2)CC1.